The van der Waals surface area contributed by atoms with Crippen molar-refractivity contribution in [2.45, 2.75) is 12.0 Å². The Morgan fingerprint density at radius 1 is 1.03 bits per heavy atom. The fraction of sp³-hybridized carbons (Fsp3) is 0.346. The predicted molar refractivity (Wildman–Crippen MR) is 131 cm³/mol. The number of likely N-dealkylation sites (tertiary alicyclic amines) is 1. The molecule has 3 aliphatic rings. The largest absolute Gasteiger partial charge is 0.507 e. The van der Waals surface area contributed by atoms with Gasteiger partial charge in [0.15, 0.2) is 5.54 Å². The molecule has 1 spiro atoms. The fourth-order valence-corrected chi connectivity index (χ4v) is 5.43. The number of nitrogens with zero attached hydrogens (tertiary/aromatic N) is 3. The standard InChI is InChI=1S/C26H26ClN3O5/c1-28-20-6-3-2-5-19(20)26(25(28)34)21(22(31)17-7-9-18(27)10-8-17)23(32)24(33)30(26)12-4-11-29-13-15-35-16-14-29/h2-3,5-10,31H,4,11-16H2,1H3/t26-/m1/s1. The number of fused-ring (bicyclic) bond motifs is 2. The fourth-order valence-electron chi connectivity index (χ4n) is 5.30. The zero-order chi connectivity index (χ0) is 24.7. The molecular weight excluding hydrogens is 470 g/mol. The summed E-state index contributed by atoms with van der Waals surface area (Å²) in [6.07, 6.45) is 0.564. The van der Waals surface area contributed by atoms with Crippen molar-refractivity contribution >= 4 is 40.6 Å². The van der Waals surface area contributed by atoms with E-state index >= 15 is 0 Å². The molecular formula is C26H26ClN3O5. The van der Waals surface area contributed by atoms with Crippen LogP contribution >= 0.6 is 11.6 Å². The number of rotatable bonds is 5. The molecule has 1 atom stereocenters. The van der Waals surface area contributed by atoms with Gasteiger partial charge in [-0.15, -0.1) is 0 Å². The first-order chi connectivity index (χ1) is 16.9. The Bertz CT molecular complexity index is 1220. The van der Waals surface area contributed by atoms with Gasteiger partial charge in [0.05, 0.1) is 18.8 Å². The van der Waals surface area contributed by atoms with E-state index in [0.717, 1.165) is 13.1 Å². The smallest absolute Gasteiger partial charge is 0.296 e. The van der Waals surface area contributed by atoms with Gasteiger partial charge in [0, 0.05) is 55.1 Å². The lowest BCUT2D eigenvalue weighted by Gasteiger charge is -2.35. The van der Waals surface area contributed by atoms with Crippen LogP contribution in [0.3, 0.4) is 0 Å². The summed E-state index contributed by atoms with van der Waals surface area (Å²) in [5.74, 6) is -2.50. The van der Waals surface area contributed by atoms with Gasteiger partial charge in [-0.1, -0.05) is 29.8 Å². The summed E-state index contributed by atoms with van der Waals surface area (Å²) < 4.78 is 5.40. The van der Waals surface area contributed by atoms with Crippen LogP contribution < -0.4 is 4.90 Å². The molecule has 2 saturated heterocycles. The molecule has 5 rings (SSSR count). The number of likely N-dealkylation sites (N-methyl/N-ethyl adjacent to an activating group) is 1. The van der Waals surface area contributed by atoms with Gasteiger partial charge in [-0.25, -0.2) is 0 Å². The lowest BCUT2D eigenvalue weighted by molar-refractivity contribution is -0.143. The Balaban J connectivity index is 1.63. The Morgan fingerprint density at radius 2 is 1.71 bits per heavy atom. The van der Waals surface area contributed by atoms with Crippen LogP contribution in [0.4, 0.5) is 5.69 Å². The Kier molecular flexibility index (Phi) is 6.13. The van der Waals surface area contributed by atoms with E-state index < -0.39 is 28.9 Å². The number of carbonyl (C=O) groups excluding carboxylic acids is 3. The van der Waals surface area contributed by atoms with Crippen LogP contribution in [0, 0.1) is 0 Å². The molecule has 2 aromatic rings. The summed E-state index contributed by atoms with van der Waals surface area (Å²) in [6, 6.07) is 13.4. The number of morpholine rings is 1. The zero-order valence-corrected chi connectivity index (χ0v) is 20.1. The van der Waals surface area contributed by atoms with Crippen LogP contribution in [0.15, 0.2) is 54.1 Å². The van der Waals surface area contributed by atoms with E-state index in [2.05, 4.69) is 4.90 Å². The Hall–Kier alpha value is -3.20. The molecule has 2 amide bonds. The third-order valence-corrected chi connectivity index (χ3v) is 7.27. The minimum Gasteiger partial charge on any atom is -0.507 e. The number of carbonyl (C=O) groups is 3. The summed E-state index contributed by atoms with van der Waals surface area (Å²) >= 11 is 6.00. The van der Waals surface area contributed by atoms with E-state index in [1.54, 1.807) is 55.6 Å². The van der Waals surface area contributed by atoms with Gasteiger partial charge in [-0.2, -0.15) is 0 Å². The molecule has 0 aliphatic carbocycles. The molecule has 0 bridgehead atoms. The molecule has 9 heteroatoms. The summed E-state index contributed by atoms with van der Waals surface area (Å²) in [7, 11) is 1.62. The number of hydrogen-bond acceptors (Lipinski definition) is 6. The van der Waals surface area contributed by atoms with E-state index in [1.165, 1.54) is 9.80 Å². The van der Waals surface area contributed by atoms with Crippen molar-refractivity contribution < 1.29 is 24.2 Å². The SMILES string of the molecule is CN1C(=O)[C@]2(C(=C(O)c3ccc(Cl)cc3)C(=O)C(=O)N2CCCN2CCOCC2)c2ccccc21. The molecule has 8 nitrogen and oxygen atoms in total. The second-order valence-corrected chi connectivity index (χ2v) is 9.35. The van der Waals surface area contributed by atoms with E-state index in [0.29, 0.717) is 48.0 Å². The molecule has 0 saturated carbocycles. The van der Waals surface area contributed by atoms with Gasteiger partial charge in [-0.3, -0.25) is 19.3 Å². The van der Waals surface area contributed by atoms with Crippen molar-refractivity contribution in [1.29, 1.82) is 0 Å². The molecule has 0 aromatic heterocycles. The Labute approximate surface area is 208 Å². The normalized spacial score (nSPS) is 24.0. The van der Waals surface area contributed by atoms with Crippen LogP contribution in [0.1, 0.15) is 17.5 Å². The number of ether oxygens (including phenoxy) is 1. The maximum atomic E-state index is 13.9. The third kappa shape index (κ3) is 3.64. The second-order valence-electron chi connectivity index (χ2n) is 8.92. The molecule has 0 unspecified atom stereocenters. The highest BCUT2D eigenvalue weighted by molar-refractivity contribution is 6.50. The van der Waals surface area contributed by atoms with Crippen LogP contribution in [-0.2, 0) is 24.7 Å². The number of ketones is 1. The molecule has 2 aromatic carbocycles. The number of para-hydroxylation sites is 1. The van der Waals surface area contributed by atoms with E-state index in [1.807, 2.05) is 0 Å². The van der Waals surface area contributed by atoms with Crippen LogP contribution in [0.5, 0.6) is 0 Å². The average molecular weight is 496 g/mol. The van der Waals surface area contributed by atoms with E-state index in [9.17, 15) is 19.5 Å². The first kappa shape index (κ1) is 23.5. The molecule has 35 heavy (non-hydrogen) atoms. The second kappa shape index (κ2) is 9.11. The maximum Gasteiger partial charge on any atom is 0.296 e. The monoisotopic (exact) mass is 495 g/mol. The molecule has 3 aliphatic heterocycles. The highest BCUT2D eigenvalue weighted by Gasteiger charge is 2.66. The number of halogens is 1. The lowest BCUT2D eigenvalue weighted by atomic mass is 9.82. The molecule has 182 valence electrons. The van der Waals surface area contributed by atoms with Gasteiger partial charge >= 0.3 is 0 Å². The molecule has 3 heterocycles. The van der Waals surface area contributed by atoms with Gasteiger partial charge in [-0.05, 0) is 36.8 Å². The van der Waals surface area contributed by atoms with E-state index in [-0.39, 0.29) is 12.1 Å². The number of amides is 2. The van der Waals surface area contributed by atoms with Gasteiger partial charge in [0.25, 0.3) is 17.6 Å². The van der Waals surface area contributed by atoms with Crippen molar-refractivity contribution in [3.63, 3.8) is 0 Å². The first-order valence-corrected chi connectivity index (χ1v) is 12.0. The maximum absolute atomic E-state index is 13.9. The number of aliphatic hydroxyl groups is 1. The van der Waals surface area contributed by atoms with Crippen molar-refractivity contribution in [3.05, 3.63) is 70.3 Å². The number of hydrogen-bond donors (Lipinski definition) is 1. The molecule has 0 radical (unpaired) electrons. The van der Waals surface area contributed by atoms with Crippen LogP contribution in [0.2, 0.25) is 5.02 Å². The number of Topliss-reactive ketones (excluding diaryl/α,β-unsaturated/α-hetero) is 1. The summed E-state index contributed by atoms with van der Waals surface area (Å²) in [5.41, 5.74) is -0.528. The van der Waals surface area contributed by atoms with Crippen molar-refractivity contribution in [1.82, 2.24) is 9.80 Å². The van der Waals surface area contributed by atoms with Crippen LogP contribution in [-0.4, -0.2) is 78.9 Å². The van der Waals surface area contributed by atoms with Crippen molar-refractivity contribution in [3.8, 4) is 0 Å². The third-order valence-electron chi connectivity index (χ3n) is 7.02. The zero-order valence-electron chi connectivity index (χ0n) is 19.4. The summed E-state index contributed by atoms with van der Waals surface area (Å²) in [5, 5.41) is 11.8. The molecule has 1 N–H and O–H groups in total. The minimum atomic E-state index is -1.73. The number of anilines is 1. The lowest BCUT2D eigenvalue weighted by Crippen LogP contribution is -2.52. The number of aliphatic hydroxyl groups excluding tert-OH is 1. The first-order valence-electron chi connectivity index (χ1n) is 11.6. The van der Waals surface area contributed by atoms with E-state index in [4.69, 9.17) is 16.3 Å². The topological polar surface area (TPSA) is 90.4 Å². The summed E-state index contributed by atoms with van der Waals surface area (Å²) in [6.45, 7) is 3.79. The van der Waals surface area contributed by atoms with Gasteiger partial charge in [0.1, 0.15) is 5.76 Å². The highest BCUT2D eigenvalue weighted by Crippen LogP contribution is 2.53. The van der Waals surface area contributed by atoms with Crippen molar-refractivity contribution in [2.75, 3.05) is 51.3 Å². The average Bonchev–Trinajstić information content (AvgIpc) is 3.23. The minimum absolute atomic E-state index is 0.188. The Morgan fingerprint density at radius 3 is 2.43 bits per heavy atom. The predicted octanol–water partition coefficient (Wildman–Crippen LogP) is 2.61. The van der Waals surface area contributed by atoms with Gasteiger partial charge < -0.3 is 19.6 Å². The van der Waals surface area contributed by atoms with Gasteiger partial charge in [0.2, 0.25) is 0 Å². The highest BCUT2D eigenvalue weighted by atomic mass is 35.5. The quantitative estimate of drug-likeness (QED) is 0.389. The van der Waals surface area contributed by atoms with Crippen LogP contribution in [0.25, 0.3) is 5.76 Å². The summed E-state index contributed by atoms with van der Waals surface area (Å²) in [4.78, 5) is 45.8. The van der Waals surface area contributed by atoms with Crippen molar-refractivity contribution in [2.24, 2.45) is 0 Å². The number of benzene rings is 2. The molecule has 2 fully saturated rings.